The molecule has 1 heterocycles. The van der Waals surface area contributed by atoms with Crippen LogP contribution in [0.5, 0.6) is 5.19 Å². The van der Waals surface area contributed by atoms with E-state index in [-0.39, 0.29) is 0 Å². The number of halogens is 1. The van der Waals surface area contributed by atoms with Gasteiger partial charge in [0.05, 0.1) is 0 Å². The minimum Gasteiger partial charge on any atom is -0.469 e. The third kappa shape index (κ3) is 3.94. The molecule has 0 aliphatic rings. The Kier molecular flexibility index (Phi) is 5.44. The van der Waals surface area contributed by atoms with Gasteiger partial charge in [0, 0.05) is 11.9 Å². The standard InChI is InChI=1S/C9H15BrN2OS/c1-3-12(4-2)5-6-13-9-11-8(10)7-14-9/h7H,3-6H2,1-2H3. The summed E-state index contributed by atoms with van der Waals surface area (Å²) in [7, 11) is 0. The van der Waals surface area contributed by atoms with Crippen LogP contribution in [0.2, 0.25) is 0 Å². The zero-order chi connectivity index (χ0) is 10.4. The van der Waals surface area contributed by atoms with Crippen molar-refractivity contribution in [3.8, 4) is 5.19 Å². The van der Waals surface area contributed by atoms with E-state index in [4.69, 9.17) is 4.74 Å². The van der Waals surface area contributed by atoms with Gasteiger partial charge in [0.2, 0.25) is 0 Å². The van der Waals surface area contributed by atoms with E-state index in [1.807, 2.05) is 5.38 Å². The van der Waals surface area contributed by atoms with Crippen LogP contribution in [0.4, 0.5) is 0 Å². The maximum absolute atomic E-state index is 5.50. The summed E-state index contributed by atoms with van der Waals surface area (Å²) in [6.45, 7) is 8.13. The molecule has 80 valence electrons. The van der Waals surface area contributed by atoms with Crippen molar-refractivity contribution in [2.24, 2.45) is 0 Å². The normalized spacial score (nSPS) is 10.9. The van der Waals surface area contributed by atoms with Gasteiger partial charge in [-0.15, -0.1) is 0 Å². The van der Waals surface area contributed by atoms with E-state index >= 15 is 0 Å². The first-order valence-corrected chi connectivity index (χ1v) is 6.39. The Balaban J connectivity index is 2.21. The second kappa shape index (κ2) is 6.37. The minimum atomic E-state index is 0.710. The van der Waals surface area contributed by atoms with Crippen molar-refractivity contribution >= 4 is 27.3 Å². The molecule has 0 spiro atoms. The smallest absolute Gasteiger partial charge is 0.274 e. The molecule has 0 saturated carbocycles. The molecule has 0 N–H and O–H groups in total. The van der Waals surface area contributed by atoms with E-state index in [9.17, 15) is 0 Å². The van der Waals surface area contributed by atoms with Crippen LogP contribution in [0.25, 0.3) is 0 Å². The first-order valence-electron chi connectivity index (χ1n) is 4.72. The summed E-state index contributed by atoms with van der Waals surface area (Å²) in [5, 5.41) is 2.66. The van der Waals surface area contributed by atoms with Crippen LogP contribution in [-0.2, 0) is 0 Å². The molecule has 5 heteroatoms. The monoisotopic (exact) mass is 278 g/mol. The largest absolute Gasteiger partial charge is 0.469 e. The van der Waals surface area contributed by atoms with Gasteiger partial charge in [0.15, 0.2) is 0 Å². The Labute approximate surface area is 97.2 Å². The lowest BCUT2D eigenvalue weighted by molar-refractivity contribution is 0.222. The van der Waals surface area contributed by atoms with Gasteiger partial charge in [0.25, 0.3) is 5.19 Å². The van der Waals surface area contributed by atoms with Crippen molar-refractivity contribution in [1.29, 1.82) is 0 Å². The Hall–Kier alpha value is -0.130. The predicted octanol–water partition coefficient (Wildman–Crippen LogP) is 2.63. The summed E-state index contributed by atoms with van der Waals surface area (Å²) in [6.07, 6.45) is 0. The van der Waals surface area contributed by atoms with Gasteiger partial charge < -0.3 is 9.64 Å². The Morgan fingerprint density at radius 2 is 2.21 bits per heavy atom. The molecule has 0 amide bonds. The highest BCUT2D eigenvalue weighted by atomic mass is 79.9. The van der Waals surface area contributed by atoms with Crippen LogP contribution in [0.3, 0.4) is 0 Å². The number of hydrogen-bond acceptors (Lipinski definition) is 4. The summed E-state index contributed by atoms with van der Waals surface area (Å²) < 4.78 is 6.34. The molecule has 0 radical (unpaired) electrons. The third-order valence-electron chi connectivity index (χ3n) is 1.98. The summed E-state index contributed by atoms with van der Waals surface area (Å²) >= 11 is 4.81. The molecular formula is C9H15BrN2OS. The van der Waals surface area contributed by atoms with Crippen molar-refractivity contribution < 1.29 is 4.74 Å². The summed E-state index contributed by atoms with van der Waals surface area (Å²) in [4.78, 5) is 6.48. The highest BCUT2D eigenvalue weighted by molar-refractivity contribution is 9.10. The van der Waals surface area contributed by atoms with Gasteiger partial charge in [-0.25, -0.2) is 0 Å². The van der Waals surface area contributed by atoms with Crippen LogP contribution in [0, 0.1) is 0 Å². The average Bonchev–Trinajstić information content (AvgIpc) is 2.59. The molecule has 0 aliphatic carbocycles. The zero-order valence-corrected chi connectivity index (χ0v) is 10.9. The molecule has 3 nitrogen and oxygen atoms in total. The second-order valence-electron chi connectivity index (χ2n) is 2.81. The van der Waals surface area contributed by atoms with Gasteiger partial charge in [-0.05, 0) is 29.0 Å². The van der Waals surface area contributed by atoms with Gasteiger partial charge in [-0.3, -0.25) is 0 Å². The molecule has 0 aliphatic heterocycles. The van der Waals surface area contributed by atoms with Crippen LogP contribution < -0.4 is 4.74 Å². The van der Waals surface area contributed by atoms with Crippen LogP contribution in [-0.4, -0.2) is 36.1 Å². The summed E-state index contributed by atoms with van der Waals surface area (Å²) in [6, 6.07) is 0. The fraction of sp³-hybridized carbons (Fsp3) is 0.667. The van der Waals surface area contributed by atoms with Gasteiger partial charge in [-0.2, -0.15) is 4.98 Å². The first-order chi connectivity index (χ1) is 6.76. The topological polar surface area (TPSA) is 25.4 Å². The number of nitrogens with zero attached hydrogens (tertiary/aromatic N) is 2. The van der Waals surface area contributed by atoms with E-state index in [1.54, 1.807) is 0 Å². The highest BCUT2D eigenvalue weighted by Gasteiger charge is 2.02. The number of thiazole rings is 1. The van der Waals surface area contributed by atoms with Gasteiger partial charge >= 0.3 is 0 Å². The first kappa shape index (κ1) is 11.9. The number of ether oxygens (including phenoxy) is 1. The molecule has 0 atom stereocenters. The lowest BCUT2D eigenvalue weighted by Gasteiger charge is -2.17. The Morgan fingerprint density at radius 3 is 2.71 bits per heavy atom. The van der Waals surface area contributed by atoms with Crippen LogP contribution in [0.1, 0.15) is 13.8 Å². The summed E-state index contributed by atoms with van der Waals surface area (Å²) in [5.74, 6) is 0. The molecule has 1 aromatic heterocycles. The molecule has 0 bridgehead atoms. The van der Waals surface area contributed by atoms with E-state index in [0.29, 0.717) is 6.61 Å². The Bertz CT molecular complexity index is 263. The maximum atomic E-state index is 5.50. The quantitative estimate of drug-likeness (QED) is 0.800. The van der Waals surface area contributed by atoms with Gasteiger partial charge in [0.1, 0.15) is 11.2 Å². The van der Waals surface area contributed by atoms with Crippen molar-refractivity contribution in [1.82, 2.24) is 9.88 Å². The average molecular weight is 279 g/mol. The van der Waals surface area contributed by atoms with Crippen molar-refractivity contribution in [3.63, 3.8) is 0 Å². The van der Waals surface area contributed by atoms with Crippen molar-refractivity contribution in [2.75, 3.05) is 26.2 Å². The predicted molar refractivity (Wildman–Crippen MR) is 63.1 cm³/mol. The van der Waals surface area contributed by atoms with Crippen LogP contribution in [0.15, 0.2) is 9.98 Å². The molecule has 14 heavy (non-hydrogen) atoms. The Morgan fingerprint density at radius 1 is 1.50 bits per heavy atom. The third-order valence-corrected chi connectivity index (χ3v) is 3.44. The number of rotatable bonds is 6. The van der Waals surface area contributed by atoms with Gasteiger partial charge in [-0.1, -0.05) is 25.2 Å². The molecule has 0 unspecified atom stereocenters. The number of likely N-dealkylation sites (N-methyl/N-ethyl adjacent to an activating group) is 1. The number of hydrogen-bond donors (Lipinski definition) is 0. The van der Waals surface area contributed by atoms with Crippen molar-refractivity contribution in [3.05, 3.63) is 9.98 Å². The van der Waals surface area contributed by atoms with Crippen LogP contribution >= 0.6 is 27.3 Å². The summed E-state index contributed by atoms with van der Waals surface area (Å²) in [5.41, 5.74) is 0. The molecule has 1 rings (SSSR count). The van der Waals surface area contributed by atoms with E-state index in [1.165, 1.54) is 11.3 Å². The van der Waals surface area contributed by atoms with E-state index in [0.717, 1.165) is 29.4 Å². The second-order valence-corrected chi connectivity index (χ2v) is 4.44. The lowest BCUT2D eigenvalue weighted by atomic mass is 10.5. The molecule has 0 fully saturated rings. The molecule has 0 saturated heterocycles. The number of aromatic nitrogens is 1. The molecule has 1 aromatic rings. The van der Waals surface area contributed by atoms with Crippen molar-refractivity contribution in [2.45, 2.75) is 13.8 Å². The van der Waals surface area contributed by atoms with E-state index in [2.05, 4.69) is 39.7 Å². The zero-order valence-electron chi connectivity index (χ0n) is 8.49. The fourth-order valence-electron chi connectivity index (χ4n) is 1.11. The molecule has 0 aromatic carbocycles. The highest BCUT2D eigenvalue weighted by Crippen LogP contribution is 2.21. The minimum absolute atomic E-state index is 0.710. The lowest BCUT2D eigenvalue weighted by Crippen LogP contribution is -2.27. The maximum Gasteiger partial charge on any atom is 0.274 e. The SMILES string of the molecule is CCN(CC)CCOc1nc(Br)cs1. The van der Waals surface area contributed by atoms with E-state index < -0.39 is 0 Å². The molecular weight excluding hydrogens is 264 g/mol. The fourth-order valence-corrected chi connectivity index (χ4v) is 2.22.